The fourth-order valence-electron chi connectivity index (χ4n) is 4.10. The Balaban J connectivity index is 1.83. The first-order valence-corrected chi connectivity index (χ1v) is 8.98. The normalized spacial score (nSPS) is 16.7. The van der Waals surface area contributed by atoms with Gasteiger partial charge >= 0.3 is 0 Å². The van der Waals surface area contributed by atoms with E-state index in [-0.39, 0.29) is 6.17 Å². The van der Waals surface area contributed by atoms with Crippen LogP contribution in [0.5, 0.6) is 0 Å². The number of rotatable bonds is 2. The van der Waals surface area contributed by atoms with Crippen LogP contribution in [0, 0.1) is 6.92 Å². The summed E-state index contributed by atoms with van der Waals surface area (Å²) in [7, 11) is 0. The average Bonchev–Trinajstić information content (AvgIpc) is 3.16. The van der Waals surface area contributed by atoms with Crippen LogP contribution in [-0.4, -0.2) is 22.7 Å². The van der Waals surface area contributed by atoms with Crippen molar-refractivity contribution in [1.82, 2.24) is 9.97 Å². The van der Waals surface area contributed by atoms with Gasteiger partial charge in [0.2, 0.25) is 5.71 Å². The lowest BCUT2D eigenvalue weighted by atomic mass is 10.1. The van der Waals surface area contributed by atoms with Gasteiger partial charge in [0.1, 0.15) is 6.17 Å². The Bertz CT molecular complexity index is 1130. The molecule has 0 spiro atoms. The summed E-state index contributed by atoms with van der Waals surface area (Å²) in [5.74, 6) is 0.978. The lowest BCUT2D eigenvalue weighted by Gasteiger charge is -2.29. The van der Waals surface area contributed by atoms with Gasteiger partial charge in [-0.3, -0.25) is 0 Å². The predicted molar refractivity (Wildman–Crippen MR) is 105 cm³/mol. The van der Waals surface area contributed by atoms with E-state index in [1.54, 1.807) is 6.20 Å². The lowest BCUT2D eigenvalue weighted by molar-refractivity contribution is 0.644. The molecule has 1 atom stereocenters. The molecule has 1 aromatic carbocycles. The van der Waals surface area contributed by atoms with Crippen LogP contribution in [-0.2, 0) is 0 Å². The Kier molecular flexibility index (Phi) is 3.19. The Hall–Kier alpha value is -3.08. The number of benzene rings is 1. The van der Waals surface area contributed by atoms with Crippen LogP contribution in [0.4, 0.5) is 17.2 Å². The predicted octanol–water partition coefficient (Wildman–Crippen LogP) is 5.01. The minimum absolute atomic E-state index is 0.162. The summed E-state index contributed by atoms with van der Waals surface area (Å²) in [6.07, 6.45) is 3.79. The van der Waals surface area contributed by atoms with Crippen molar-refractivity contribution >= 4 is 39.3 Å². The zero-order chi connectivity index (χ0) is 17.8. The van der Waals surface area contributed by atoms with E-state index in [1.165, 1.54) is 0 Å². The molecule has 26 heavy (non-hydrogen) atoms. The Morgan fingerprint density at radius 2 is 1.85 bits per heavy atom. The maximum atomic E-state index is 6.21. The van der Waals surface area contributed by atoms with Gasteiger partial charge < -0.3 is 14.2 Å². The topological polar surface area (TPSA) is 45.4 Å². The van der Waals surface area contributed by atoms with Gasteiger partial charge in [-0.2, -0.15) is 0 Å². The Morgan fingerprint density at radius 3 is 2.69 bits per heavy atom. The van der Waals surface area contributed by atoms with E-state index in [1.807, 2.05) is 18.3 Å². The molecule has 0 amide bonds. The van der Waals surface area contributed by atoms with Crippen LogP contribution >= 0.6 is 0 Å². The average molecular weight is 344 g/mol. The van der Waals surface area contributed by atoms with Crippen LogP contribution in [0.15, 0.2) is 53.2 Å². The van der Waals surface area contributed by atoms with Crippen molar-refractivity contribution in [1.29, 1.82) is 0 Å². The van der Waals surface area contributed by atoms with E-state index < -0.39 is 0 Å². The Labute approximate surface area is 151 Å². The van der Waals surface area contributed by atoms with E-state index in [4.69, 9.17) is 9.40 Å². The highest BCUT2D eigenvalue weighted by atomic mass is 16.3. The fourth-order valence-corrected chi connectivity index (χ4v) is 4.10. The molecule has 4 aromatic rings. The van der Waals surface area contributed by atoms with Crippen LogP contribution in [0.3, 0.4) is 0 Å². The van der Waals surface area contributed by atoms with Crippen LogP contribution in [0.2, 0.25) is 0 Å². The SMILES string of the molecule is CCN1c2cccnc2N(c2c(C)ccc3c2oc2ncccc23)[C@H]1C. The molecule has 0 fully saturated rings. The van der Waals surface area contributed by atoms with E-state index >= 15 is 0 Å². The summed E-state index contributed by atoms with van der Waals surface area (Å²) in [4.78, 5) is 13.7. The number of aryl methyl sites for hydroxylation is 1. The molecule has 1 aliphatic heterocycles. The molecule has 5 rings (SSSR count). The third-order valence-electron chi connectivity index (χ3n) is 5.30. The molecule has 1 aliphatic rings. The molecule has 3 aromatic heterocycles. The van der Waals surface area contributed by atoms with Crippen molar-refractivity contribution in [2.24, 2.45) is 0 Å². The minimum Gasteiger partial charge on any atom is -0.435 e. The van der Waals surface area contributed by atoms with Crippen molar-refractivity contribution in [3.8, 4) is 0 Å². The van der Waals surface area contributed by atoms with E-state index in [2.05, 4.69) is 59.8 Å². The second-order valence-electron chi connectivity index (χ2n) is 6.70. The maximum absolute atomic E-state index is 6.21. The number of aromatic nitrogens is 2. The van der Waals surface area contributed by atoms with Crippen molar-refractivity contribution in [3.63, 3.8) is 0 Å². The molecular weight excluding hydrogens is 324 g/mol. The van der Waals surface area contributed by atoms with Gasteiger partial charge in [0.05, 0.1) is 11.4 Å². The monoisotopic (exact) mass is 344 g/mol. The summed E-state index contributed by atoms with van der Waals surface area (Å²) in [5, 5.41) is 2.14. The van der Waals surface area contributed by atoms with Crippen LogP contribution in [0.1, 0.15) is 19.4 Å². The first-order valence-electron chi connectivity index (χ1n) is 8.98. The maximum Gasteiger partial charge on any atom is 0.227 e. The molecule has 4 heterocycles. The van der Waals surface area contributed by atoms with Gasteiger partial charge in [0.25, 0.3) is 0 Å². The molecule has 0 radical (unpaired) electrons. The lowest BCUT2D eigenvalue weighted by Crippen LogP contribution is -2.38. The van der Waals surface area contributed by atoms with Crippen molar-refractivity contribution < 1.29 is 4.42 Å². The number of anilines is 3. The number of hydrogen-bond donors (Lipinski definition) is 0. The summed E-state index contributed by atoms with van der Waals surface area (Å²) >= 11 is 0. The van der Waals surface area contributed by atoms with E-state index in [0.29, 0.717) is 5.71 Å². The quantitative estimate of drug-likeness (QED) is 0.511. The smallest absolute Gasteiger partial charge is 0.227 e. The van der Waals surface area contributed by atoms with Crippen molar-refractivity contribution in [3.05, 3.63) is 54.4 Å². The van der Waals surface area contributed by atoms with E-state index in [0.717, 1.165) is 45.7 Å². The highest BCUT2D eigenvalue weighted by molar-refractivity contribution is 6.09. The number of furan rings is 1. The molecular formula is C21H20N4O. The molecule has 5 heteroatoms. The van der Waals surface area contributed by atoms with Gasteiger partial charge in [-0.05, 0) is 50.6 Å². The summed E-state index contributed by atoms with van der Waals surface area (Å²) < 4.78 is 6.21. The number of pyridine rings is 2. The number of hydrogen-bond acceptors (Lipinski definition) is 5. The number of fused-ring (bicyclic) bond motifs is 4. The van der Waals surface area contributed by atoms with Gasteiger partial charge in [0, 0.05) is 29.7 Å². The summed E-state index contributed by atoms with van der Waals surface area (Å²) in [5.41, 5.74) is 4.95. The van der Waals surface area contributed by atoms with Gasteiger partial charge in [-0.15, -0.1) is 0 Å². The highest BCUT2D eigenvalue weighted by Gasteiger charge is 2.36. The molecule has 130 valence electrons. The fraction of sp³-hybridized carbons (Fsp3) is 0.238. The zero-order valence-corrected chi connectivity index (χ0v) is 15.1. The van der Waals surface area contributed by atoms with Gasteiger partial charge in [-0.25, -0.2) is 9.97 Å². The van der Waals surface area contributed by atoms with E-state index in [9.17, 15) is 0 Å². The molecule has 0 aliphatic carbocycles. The van der Waals surface area contributed by atoms with Crippen LogP contribution in [0.25, 0.3) is 22.1 Å². The largest absolute Gasteiger partial charge is 0.435 e. The molecule has 5 nitrogen and oxygen atoms in total. The van der Waals surface area contributed by atoms with Crippen molar-refractivity contribution in [2.75, 3.05) is 16.3 Å². The number of nitrogens with zero attached hydrogens (tertiary/aromatic N) is 4. The Morgan fingerprint density at radius 1 is 1.04 bits per heavy atom. The minimum atomic E-state index is 0.162. The summed E-state index contributed by atoms with van der Waals surface area (Å²) in [6, 6.07) is 12.4. The molecule has 0 bridgehead atoms. The van der Waals surface area contributed by atoms with Gasteiger partial charge in [-0.1, -0.05) is 12.1 Å². The standard InChI is InChI=1S/C21H20N4O/c1-4-24-14(3)25(20-17(24)8-6-11-22-20)18-13(2)9-10-15-16-7-5-12-23-21(16)26-19(15)18/h5-12,14H,4H2,1-3H3/t14-/m0/s1. The summed E-state index contributed by atoms with van der Waals surface area (Å²) in [6.45, 7) is 7.44. The highest BCUT2D eigenvalue weighted by Crippen LogP contribution is 2.46. The molecule has 0 N–H and O–H groups in total. The third-order valence-corrected chi connectivity index (χ3v) is 5.30. The third kappa shape index (κ3) is 1.91. The van der Waals surface area contributed by atoms with Gasteiger partial charge in [0.15, 0.2) is 11.4 Å². The molecule has 0 saturated heterocycles. The molecule has 0 saturated carbocycles. The van der Waals surface area contributed by atoms with Crippen molar-refractivity contribution in [2.45, 2.75) is 26.9 Å². The first kappa shape index (κ1) is 15.2. The first-order chi connectivity index (χ1) is 12.7. The second-order valence-corrected chi connectivity index (χ2v) is 6.70. The second kappa shape index (κ2) is 5.46. The van der Waals surface area contributed by atoms with Crippen LogP contribution < -0.4 is 9.80 Å². The zero-order valence-electron chi connectivity index (χ0n) is 15.1. The molecule has 0 unspecified atom stereocenters.